The highest BCUT2D eigenvalue weighted by Gasteiger charge is 2.47. The minimum Gasteiger partial charge on any atom is -0.342 e. The van der Waals surface area contributed by atoms with E-state index in [1.807, 2.05) is 0 Å². The lowest BCUT2D eigenvalue weighted by Gasteiger charge is -2.44. The third-order valence-corrected chi connectivity index (χ3v) is 7.85. The molecule has 4 heteroatoms. The van der Waals surface area contributed by atoms with Crippen LogP contribution in [0.2, 0.25) is 0 Å². The molecule has 0 aromatic heterocycles. The number of rotatable bonds is 2. The Hall–Kier alpha value is -2.10. The van der Waals surface area contributed by atoms with Crippen molar-refractivity contribution in [3.8, 4) is 0 Å². The van der Waals surface area contributed by atoms with Crippen molar-refractivity contribution in [3.05, 3.63) is 41.5 Å². The van der Waals surface area contributed by atoms with E-state index in [0.717, 1.165) is 64.7 Å². The van der Waals surface area contributed by atoms with E-state index in [-0.39, 0.29) is 29.6 Å². The number of piperidine rings is 2. The fraction of sp³-hybridized carbons (Fsp3) is 0.615. The van der Waals surface area contributed by atoms with Gasteiger partial charge < -0.3 is 9.80 Å². The van der Waals surface area contributed by atoms with Crippen LogP contribution in [0.1, 0.15) is 62.5 Å². The number of amides is 2. The van der Waals surface area contributed by atoms with Gasteiger partial charge in [0, 0.05) is 26.2 Å². The van der Waals surface area contributed by atoms with Gasteiger partial charge >= 0.3 is 0 Å². The van der Waals surface area contributed by atoms with Gasteiger partial charge in [-0.2, -0.15) is 0 Å². The fourth-order valence-electron chi connectivity index (χ4n) is 6.27. The predicted octanol–water partition coefficient (Wildman–Crippen LogP) is 4.29. The van der Waals surface area contributed by atoms with E-state index in [0.29, 0.717) is 6.42 Å². The molecular weight excluding hydrogens is 372 g/mol. The third-order valence-electron chi connectivity index (χ3n) is 7.85. The van der Waals surface area contributed by atoms with E-state index in [1.54, 1.807) is 0 Å². The molecule has 0 radical (unpaired) electrons. The summed E-state index contributed by atoms with van der Waals surface area (Å²) in [5, 5.41) is 0. The number of benzene rings is 1. The van der Waals surface area contributed by atoms with Crippen LogP contribution in [0, 0.1) is 17.8 Å². The van der Waals surface area contributed by atoms with Crippen LogP contribution < -0.4 is 0 Å². The predicted molar refractivity (Wildman–Crippen MR) is 119 cm³/mol. The van der Waals surface area contributed by atoms with Crippen molar-refractivity contribution in [2.24, 2.45) is 17.8 Å². The van der Waals surface area contributed by atoms with Crippen LogP contribution in [-0.4, -0.2) is 47.8 Å². The second kappa shape index (κ2) is 8.56. The maximum absolute atomic E-state index is 13.8. The SMILES string of the molecule is O=C([C@H]1[C@@H](C(=O)N2CCCCC2)CC=C2c3ccccc3CC[C@@H]21)N1CCCCC1. The lowest BCUT2D eigenvalue weighted by molar-refractivity contribution is -0.149. The average molecular weight is 407 g/mol. The van der Waals surface area contributed by atoms with Crippen LogP contribution in [0.3, 0.4) is 0 Å². The van der Waals surface area contributed by atoms with E-state index in [1.165, 1.54) is 29.5 Å². The highest BCUT2D eigenvalue weighted by atomic mass is 16.2. The Morgan fingerprint density at radius 2 is 1.43 bits per heavy atom. The zero-order chi connectivity index (χ0) is 20.5. The van der Waals surface area contributed by atoms with Crippen LogP contribution in [0.25, 0.3) is 5.57 Å². The second-order valence-corrected chi connectivity index (χ2v) is 9.60. The molecule has 2 aliphatic heterocycles. The molecule has 2 fully saturated rings. The topological polar surface area (TPSA) is 40.6 Å². The number of allylic oxidation sites excluding steroid dienone is 2. The Balaban J connectivity index is 1.49. The van der Waals surface area contributed by atoms with Gasteiger partial charge in [0.1, 0.15) is 0 Å². The van der Waals surface area contributed by atoms with E-state index in [4.69, 9.17) is 0 Å². The third kappa shape index (κ3) is 3.59. The van der Waals surface area contributed by atoms with Gasteiger partial charge in [-0.15, -0.1) is 0 Å². The number of hydrogen-bond acceptors (Lipinski definition) is 2. The molecular formula is C26H34N2O2. The largest absolute Gasteiger partial charge is 0.342 e. The summed E-state index contributed by atoms with van der Waals surface area (Å²) in [5.74, 6) is 0.295. The molecule has 2 amide bonds. The number of carbonyl (C=O) groups is 2. The van der Waals surface area contributed by atoms with Crippen molar-refractivity contribution >= 4 is 17.4 Å². The first kappa shape index (κ1) is 19.8. The van der Waals surface area contributed by atoms with Gasteiger partial charge in [-0.3, -0.25) is 9.59 Å². The zero-order valence-corrected chi connectivity index (χ0v) is 18.0. The van der Waals surface area contributed by atoms with Gasteiger partial charge in [-0.25, -0.2) is 0 Å². The number of likely N-dealkylation sites (tertiary alicyclic amines) is 2. The number of carbonyl (C=O) groups excluding carboxylic acids is 2. The summed E-state index contributed by atoms with van der Waals surface area (Å²) < 4.78 is 0. The Labute approximate surface area is 180 Å². The van der Waals surface area contributed by atoms with Gasteiger partial charge in [-0.1, -0.05) is 30.3 Å². The molecule has 3 atom stereocenters. The monoisotopic (exact) mass is 406 g/mol. The molecule has 1 aromatic rings. The summed E-state index contributed by atoms with van der Waals surface area (Å²) in [4.78, 5) is 31.6. The highest BCUT2D eigenvalue weighted by molar-refractivity contribution is 5.92. The molecule has 160 valence electrons. The Morgan fingerprint density at radius 3 is 2.13 bits per heavy atom. The van der Waals surface area contributed by atoms with Gasteiger partial charge in [0.05, 0.1) is 11.8 Å². The highest BCUT2D eigenvalue weighted by Crippen LogP contribution is 2.47. The second-order valence-electron chi connectivity index (χ2n) is 9.60. The minimum atomic E-state index is -0.189. The molecule has 4 aliphatic rings. The summed E-state index contributed by atoms with van der Waals surface area (Å²) >= 11 is 0. The lowest BCUT2D eigenvalue weighted by Crippen LogP contribution is -2.51. The summed E-state index contributed by atoms with van der Waals surface area (Å²) in [6, 6.07) is 8.65. The molecule has 5 rings (SSSR count). The summed E-state index contributed by atoms with van der Waals surface area (Å²) in [6.07, 6.45) is 11.8. The normalized spacial score (nSPS) is 28.9. The quantitative estimate of drug-likeness (QED) is 0.735. The molecule has 0 unspecified atom stereocenters. The molecule has 0 saturated carbocycles. The fourth-order valence-corrected chi connectivity index (χ4v) is 6.27. The van der Waals surface area contributed by atoms with Crippen molar-refractivity contribution in [1.29, 1.82) is 0 Å². The first-order chi connectivity index (χ1) is 14.7. The smallest absolute Gasteiger partial charge is 0.227 e. The van der Waals surface area contributed by atoms with Gasteiger partial charge in [0.15, 0.2) is 0 Å². The molecule has 2 heterocycles. The molecule has 1 aromatic carbocycles. The number of aryl methyl sites for hydroxylation is 1. The molecule has 4 nitrogen and oxygen atoms in total. The molecule has 30 heavy (non-hydrogen) atoms. The Morgan fingerprint density at radius 1 is 0.800 bits per heavy atom. The van der Waals surface area contributed by atoms with E-state index >= 15 is 0 Å². The number of hydrogen-bond donors (Lipinski definition) is 0. The van der Waals surface area contributed by atoms with Crippen molar-refractivity contribution in [1.82, 2.24) is 9.80 Å². The molecule has 0 bridgehead atoms. The van der Waals surface area contributed by atoms with Crippen molar-refractivity contribution in [2.75, 3.05) is 26.2 Å². The van der Waals surface area contributed by atoms with Crippen molar-refractivity contribution < 1.29 is 9.59 Å². The standard InChI is InChI=1S/C26H34N2O2/c29-25(27-15-5-1-6-16-27)23-14-13-21-20-10-4-3-9-19(20)11-12-22(21)24(23)26(30)28-17-7-2-8-18-28/h3-4,9-10,13,22-24H,1-2,5-8,11-12,14-18H2/t22-,23-,24+/m0/s1. The maximum Gasteiger partial charge on any atom is 0.227 e. The van der Waals surface area contributed by atoms with Crippen molar-refractivity contribution in [2.45, 2.75) is 57.8 Å². The molecule has 0 N–H and O–H groups in total. The van der Waals surface area contributed by atoms with Crippen LogP contribution in [-0.2, 0) is 16.0 Å². The van der Waals surface area contributed by atoms with Crippen LogP contribution >= 0.6 is 0 Å². The minimum absolute atomic E-state index is 0.182. The number of nitrogens with zero attached hydrogens (tertiary/aromatic N) is 2. The maximum atomic E-state index is 13.8. The Bertz CT molecular complexity index is 833. The zero-order valence-electron chi connectivity index (χ0n) is 18.0. The number of fused-ring (bicyclic) bond motifs is 3. The van der Waals surface area contributed by atoms with Crippen molar-refractivity contribution in [3.63, 3.8) is 0 Å². The molecule has 0 spiro atoms. The average Bonchev–Trinajstić information content (AvgIpc) is 2.83. The van der Waals surface area contributed by atoms with Gasteiger partial charge in [-0.05, 0) is 80.4 Å². The first-order valence-electron chi connectivity index (χ1n) is 12.1. The summed E-state index contributed by atoms with van der Waals surface area (Å²) in [6.45, 7) is 3.46. The van der Waals surface area contributed by atoms with Crippen LogP contribution in [0.15, 0.2) is 30.3 Å². The van der Waals surface area contributed by atoms with Crippen LogP contribution in [0.5, 0.6) is 0 Å². The van der Waals surface area contributed by atoms with Crippen LogP contribution in [0.4, 0.5) is 0 Å². The molecule has 2 saturated heterocycles. The molecule has 2 aliphatic carbocycles. The van der Waals surface area contributed by atoms with E-state index in [9.17, 15) is 9.59 Å². The Kier molecular flexibility index (Phi) is 5.66. The lowest BCUT2D eigenvalue weighted by atomic mass is 9.64. The summed E-state index contributed by atoms with van der Waals surface area (Å²) in [7, 11) is 0. The van der Waals surface area contributed by atoms with E-state index < -0.39 is 0 Å². The first-order valence-corrected chi connectivity index (χ1v) is 12.1. The van der Waals surface area contributed by atoms with Gasteiger partial charge in [0.2, 0.25) is 11.8 Å². The van der Waals surface area contributed by atoms with Gasteiger partial charge in [0.25, 0.3) is 0 Å². The van der Waals surface area contributed by atoms with E-state index in [2.05, 4.69) is 40.1 Å². The summed E-state index contributed by atoms with van der Waals surface area (Å²) in [5.41, 5.74) is 4.04.